The Labute approximate surface area is 122 Å². The SMILES string of the molecule is CC(=O)c1ccc(OCc2ccccc2[N+](=O)[O-])cc1C. The standard InChI is InChI=1S/C16H15NO4/c1-11-9-14(7-8-15(11)12(2)18)21-10-13-5-3-4-6-16(13)17(19)20/h3-9H,10H2,1-2H3. The Balaban J connectivity index is 2.16. The lowest BCUT2D eigenvalue weighted by atomic mass is 10.1. The smallest absolute Gasteiger partial charge is 0.276 e. The van der Waals surface area contributed by atoms with Gasteiger partial charge < -0.3 is 4.74 Å². The fourth-order valence-corrected chi connectivity index (χ4v) is 2.09. The molecule has 0 saturated carbocycles. The third-order valence-corrected chi connectivity index (χ3v) is 3.16. The number of ketones is 1. The monoisotopic (exact) mass is 285 g/mol. The summed E-state index contributed by atoms with van der Waals surface area (Å²) >= 11 is 0. The largest absolute Gasteiger partial charge is 0.489 e. The third kappa shape index (κ3) is 3.45. The van der Waals surface area contributed by atoms with Crippen LogP contribution in [-0.4, -0.2) is 10.7 Å². The number of nitro benzene ring substituents is 1. The highest BCUT2D eigenvalue weighted by Crippen LogP contribution is 2.22. The van der Waals surface area contributed by atoms with E-state index in [2.05, 4.69) is 0 Å². The van der Waals surface area contributed by atoms with Gasteiger partial charge in [-0.3, -0.25) is 14.9 Å². The van der Waals surface area contributed by atoms with Crippen LogP contribution in [-0.2, 0) is 6.61 Å². The first kappa shape index (κ1) is 14.7. The predicted octanol–water partition coefficient (Wildman–Crippen LogP) is 3.68. The summed E-state index contributed by atoms with van der Waals surface area (Å²) in [5.41, 5.74) is 2.01. The summed E-state index contributed by atoms with van der Waals surface area (Å²) < 4.78 is 5.58. The summed E-state index contributed by atoms with van der Waals surface area (Å²) in [6, 6.07) is 11.6. The summed E-state index contributed by atoms with van der Waals surface area (Å²) in [5, 5.41) is 10.9. The zero-order chi connectivity index (χ0) is 15.4. The number of aryl methyl sites for hydroxylation is 1. The molecule has 0 N–H and O–H groups in total. The van der Waals surface area contributed by atoms with Crippen molar-refractivity contribution in [2.45, 2.75) is 20.5 Å². The zero-order valence-corrected chi connectivity index (χ0v) is 11.8. The van der Waals surface area contributed by atoms with Crippen LogP contribution in [0.3, 0.4) is 0 Å². The van der Waals surface area contributed by atoms with Crippen molar-refractivity contribution in [3.05, 3.63) is 69.3 Å². The molecule has 0 spiro atoms. The van der Waals surface area contributed by atoms with Crippen molar-refractivity contribution in [1.29, 1.82) is 0 Å². The second-order valence-corrected chi connectivity index (χ2v) is 4.71. The fourth-order valence-electron chi connectivity index (χ4n) is 2.09. The number of nitro groups is 1. The van der Waals surface area contributed by atoms with Gasteiger partial charge in [-0.05, 0) is 43.7 Å². The first-order valence-electron chi connectivity index (χ1n) is 6.45. The third-order valence-electron chi connectivity index (χ3n) is 3.16. The van der Waals surface area contributed by atoms with Crippen molar-refractivity contribution in [2.75, 3.05) is 0 Å². The minimum Gasteiger partial charge on any atom is -0.489 e. The topological polar surface area (TPSA) is 69.4 Å². The van der Waals surface area contributed by atoms with Crippen LogP contribution in [0, 0.1) is 17.0 Å². The average Bonchev–Trinajstić information content (AvgIpc) is 2.45. The Morgan fingerprint density at radius 1 is 1.24 bits per heavy atom. The van der Waals surface area contributed by atoms with Crippen LogP contribution in [0.15, 0.2) is 42.5 Å². The van der Waals surface area contributed by atoms with E-state index in [1.807, 2.05) is 6.92 Å². The van der Waals surface area contributed by atoms with Crippen molar-refractivity contribution < 1.29 is 14.5 Å². The van der Waals surface area contributed by atoms with E-state index in [-0.39, 0.29) is 18.1 Å². The normalized spacial score (nSPS) is 10.2. The van der Waals surface area contributed by atoms with E-state index in [1.165, 1.54) is 13.0 Å². The molecule has 0 aromatic heterocycles. The van der Waals surface area contributed by atoms with Gasteiger partial charge in [-0.1, -0.05) is 12.1 Å². The quantitative estimate of drug-likeness (QED) is 0.477. The van der Waals surface area contributed by atoms with Gasteiger partial charge in [-0.15, -0.1) is 0 Å². The molecular formula is C16H15NO4. The molecule has 0 radical (unpaired) electrons. The Morgan fingerprint density at radius 2 is 1.95 bits per heavy atom. The Hall–Kier alpha value is -2.69. The highest BCUT2D eigenvalue weighted by atomic mass is 16.6. The van der Waals surface area contributed by atoms with Gasteiger partial charge in [0.2, 0.25) is 0 Å². The van der Waals surface area contributed by atoms with E-state index in [9.17, 15) is 14.9 Å². The fraction of sp³-hybridized carbons (Fsp3) is 0.188. The molecule has 0 heterocycles. The van der Waals surface area contributed by atoms with Crippen LogP contribution >= 0.6 is 0 Å². The van der Waals surface area contributed by atoms with Crippen LogP contribution in [0.25, 0.3) is 0 Å². The molecule has 2 aromatic carbocycles. The van der Waals surface area contributed by atoms with Gasteiger partial charge in [0, 0.05) is 11.6 Å². The summed E-state index contributed by atoms with van der Waals surface area (Å²) in [6.07, 6.45) is 0. The number of para-hydroxylation sites is 1. The van der Waals surface area contributed by atoms with Gasteiger partial charge in [0.05, 0.1) is 10.5 Å². The first-order chi connectivity index (χ1) is 9.99. The number of nitrogens with zero attached hydrogens (tertiary/aromatic N) is 1. The molecule has 0 unspecified atom stereocenters. The molecule has 0 aliphatic carbocycles. The lowest BCUT2D eigenvalue weighted by Crippen LogP contribution is -2.01. The van der Waals surface area contributed by atoms with Crippen LogP contribution in [0.5, 0.6) is 5.75 Å². The van der Waals surface area contributed by atoms with Crippen molar-refractivity contribution >= 4 is 11.5 Å². The molecule has 0 aliphatic heterocycles. The van der Waals surface area contributed by atoms with Crippen LogP contribution in [0.4, 0.5) is 5.69 Å². The molecule has 2 aromatic rings. The van der Waals surface area contributed by atoms with Gasteiger partial charge in [0.1, 0.15) is 12.4 Å². The number of benzene rings is 2. The molecule has 2 rings (SSSR count). The summed E-state index contributed by atoms with van der Waals surface area (Å²) in [6.45, 7) is 3.45. The average molecular weight is 285 g/mol. The number of carbonyl (C=O) groups excluding carboxylic acids is 1. The second kappa shape index (κ2) is 6.17. The molecule has 0 atom stereocenters. The van der Waals surface area contributed by atoms with E-state index >= 15 is 0 Å². The van der Waals surface area contributed by atoms with Gasteiger partial charge in [-0.2, -0.15) is 0 Å². The number of carbonyl (C=O) groups is 1. The molecule has 108 valence electrons. The summed E-state index contributed by atoms with van der Waals surface area (Å²) in [7, 11) is 0. The van der Waals surface area contributed by atoms with Gasteiger partial charge in [0.25, 0.3) is 5.69 Å². The minimum absolute atomic E-state index is 0.00209. The maximum atomic E-state index is 11.4. The summed E-state index contributed by atoms with van der Waals surface area (Å²) in [5.74, 6) is 0.577. The van der Waals surface area contributed by atoms with Crippen molar-refractivity contribution in [2.24, 2.45) is 0 Å². The van der Waals surface area contributed by atoms with E-state index in [0.717, 1.165) is 5.56 Å². The molecule has 0 fully saturated rings. The number of hydrogen-bond donors (Lipinski definition) is 0. The minimum atomic E-state index is -0.428. The Kier molecular flexibility index (Phi) is 4.33. The number of rotatable bonds is 5. The first-order valence-corrected chi connectivity index (χ1v) is 6.45. The highest BCUT2D eigenvalue weighted by molar-refractivity contribution is 5.95. The molecule has 5 nitrogen and oxygen atoms in total. The van der Waals surface area contributed by atoms with E-state index in [4.69, 9.17) is 4.74 Å². The van der Waals surface area contributed by atoms with E-state index < -0.39 is 4.92 Å². The maximum Gasteiger partial charge on any atom is 0.276 e. The molecule has 0 amide bonds. The van der Waals surface area contributed by atoms with Crippen molar-refractivity contribution in [3.63, 3.8) is 0 Å². The van der Waals surface area contributed by atoms with Gasteiger partial charge in [-0.25, -0.2) is 0 Å². The molecule has 0 aliphatic rings. The van der Waals surface area contributed by atoms with Crippen LogP contribution < -0.4 is 4.74 Å². The lowest BCUT2D eigenvalue weighted by molar-refractivity contribution is -0.385. The molecule has 5 heteroatoms. The molecule has 21 heavy (non-hydrogen) atoms. The van der Waals surface area contributed by atoms with Crippen molar-refractivity contribution in [1.82, 2.24) is 0 Å². The van der Waals surface area contributed by atoms with Crippen molar-refractivity contribution in [3.8, 4) is 5.75 Å². The summed E-state index contributed by atoms with van der Waals surface area (Å²) in [4.78, 5) is 21.9. The predicted molar refractivity (Wildman–Crippen MR) is 78.6 cm³/mol. The van der Waals surface area contributed by atoms with Crippen LogP contribution in [0.1, 0.15) is 28.4 Å². The second-order valence-electron chi connectivity index (χ2n) is 4.71. The number of Topliss-reactive ketones (excluding diaryl/α,β-unsaturated/α-hetero) is 1. The van der Waals surface area contributed by atoms with Gasteiger partial charge >= 0.3 is 0 Å². The number of ether oxygens (including phenoxy) is 1. The van der Waals surface area contributed by atoms with E-state index in [0.29, 0.717) is 16.9 Å². The van der Waals surface area contributed by atoms with E-state index in [1.54, 1.807) is 36.4 Å². The Bertz CT molecular complexity index is 694. The van der Waals surface area contributed by atoms with Gasteiger partial charge in [0.15, 0.2) is 5.78 Å². The molecule has 0 saturated heterocycles. The lowest BCUT2D eigenvalue weighted by Gasteiger charge is -2.09. The number of hydrogen-bond acceptors (Lipinski definition) is 4. The molecule has 0 bridgehead atoms. The molecular weight excluding hydrogens is 270 g/mol. The Morgan fingerprint density at radius 3 is 2.57 bits per heavy atom. The highest BCUT2D eigenvalue weighted by Gasteiger charge is 2.13. The van der Waals surface area contributed by atoms with Crippen LogP contribution in [0.2, 0.25) is 0 Å². The zero-order valence-electron chi connectivity index (χ0n) is 11.8. The maximum absolute atomic E-state index is 11.4.